The van der Waals surface area contributed by atoms with Crippen LogP contribution in [0.3, 0.4) is 0 Å². The molecule has 0 aromatic heterocycles. The molecule has 4 rings (SSSR count). The third-order valence-electron chi connectivity index (χ3n) is 5.47. The summed E-state index contributed by atoms with van der Waals surface area (Å²) in [6.07, 6.45) is 0. The molecule has 0 bridgehead atoms. The Morgan fingerprint density at radius 1 is 1.00 bits per heavy atom. The number of nitrogens with one attached hydrogen (secondary N) is 1. The van der Waals surface area contributed by atoms with Crippen molar-refractivity contribution in [3.63, 3.8) is 0 Å². The van der Waals surface area contributed by atoms with E-state index in [-0.39, 0.29) is 28.0 Å². The molecule has 3 aromatic rings. The van der Waals surface area contributed by atoms with Crippen molar-refractivity contribution in [1.82, 2.24) is 0 Å². The molecular weight excluding hydrogens is 356 g/mol. The lowest BCUT2D eigenvalue weighted by Gasteiger charge is -2.34. The number of piperazine rings is 1. The Labute approximate surface area is 162 Å². The summed E-state index contributed by atoms with van der Waals surface area (Å²) in [5.74, 6) is -1.89. The van der Waals surface area contributed by atoms with Crippen LogP contribution in [0.1, 0.15) is 15.9 Å². The minimum Gasteiger partial charge on any atom is -0.872 e. The van der Waals surface area contributed by atoms with Gasteiger partial charge in [0.1, 0.15) is 17.9 Å². The molecule has 0 aliphatic carbocycles. The molecule has 28 heavy (non-hydrogen) atoms. The second-order valence-corrected chi connectivity index (χ2v) is 7.13. The van der Waals surface area contributed by atoms with E-state index in [1.165, 1.54) is 5.69 Å². The Kier molecular flexibility index (Phi) is 4.79. The Hall–Kier alpha value is -3.25. The maximum atomic E-state index is 13.0. The van der Waals surface area contributed by atoms with Crippen molar-refractivity contribution in [2.45, 2.75) is 6.54 Å². The molecule has 6 heteroatoms. The van der Waals surface area contributed by atoms with E-state index >= 15 is 0 Å². The minimum atomic E-state index is -1.27. The summed E-state index contributed by atoms with van der Waals surface area (Å²) in [6.45, 7) is 3.54. The van der Waals surface area contributed by atoms with E-state index in [0.29, 0.717) is 11.9 Å². The molecule has 0 amide bonds. The van der Waals surface area contributed by atoms with Gasteiger partial charge in [-0.25, -0.2) is 4.79 Å². The molecule has 1 saturated heterocycles. The molecule has 3 aromatic carbocycles. The van der Waals surface area contributed by atoms with E-state index < -0.39 is 5.97 Å². The van der Waals surface area contributed by atoms with Crippen molar-refractivity contribution in [3.05, 3.63) is 65.7 Å². The van der Waals surface area contributed by atoms with Crippen molar-refractivity contribution in [3.8, 4) is 11.5 Å². The van der Waals surface area contributed by atoms with Crippen molar-refractivity contribution < 1.29 is 25.0 Å². The van der Waals surface area contributed by atoms with Gasteiger partial charge in [-0.3, -0.25) is 0 Å². The summed E-state index contributed by atoms with van der Waals surface area (Å²) < 4.78 is 0. The lowest BCUT2D eigenvalue weighted by atomic mass is 9.97. The molecule has 1 aliphatic heterocycles. The quantitative estimate of drug-likeness (QED) is 0.635. The largest absolute Gasteiger partial charge is 0.872 e. The van der Waals surface area contributed by atoms with Gasteiger partial charge in [-0.05, 0) is 17.5 Å². The van der Waals surface area contributed by atoms with Crippen LogP contribution in [0, 0.1) is 0 Å². The molecule has 144 valence electrons. The number of anilines is 1. The van der Waals surface area contributed by atoms with Gasteiger partial charge in [-0.15, -0.1) is 0 Å². The van der Waals surface area contributed by atoms with Gasteiger partial charge in [0.25, 0.3) is 0 Å². The molecule has 0 atom stereocenters. The molecule has 1 aliphatic rings. The fraction of sp³-hybridized carbons (Fsp3) is 0.227. The Morgan fingerprint density at radius 2 is 1.61 bits per heavy atom. The van der Waals surface area contributed by atoms with Crippen LogP contribution in [0.2, 0.25) is 0 Å². The number of aromatic carboxylic acids is 1. The number of quaternary nitrogens is 1. The highest BCUT2D eigenvalue weighted by molar-refractivity contribution is 6.04. The maximum Gasteiger partial charge on any atom is 0.339 e. The van der Waals surface area contributed by atoms with Crippen molar-refractivity contribution in [2.75, 3.05) is 31.1 Å². The predicted molar refractivity (Wildman–Crippen MR) is 105 cm³/mol. The van der Waals surface area contributed by atoms with Crippen LogP contribution in [0.15, 0.2) is 54.6 Å². The van der Waals surface area contributed by atoms with Gasteiger partial charge >= 0.3 is 5.97 Å². The molecule has 0 spiro atoms. The first kappa shape index (κ1) is 18.1. The zero-order valence-electron chi connectivity index (χ0n) is 15.4. The Balaban J connectivity index is 1.61. The average Bonchev–Trinajstić information content (AvgIpc) is 2.73. The first-order valence-electron chi connectivity index (χ1n) is 9.36. The normalized spacial score (nSPS) is 15.1. The molecule has 0 saturated carbocycles. The Bertz CT molecular complexity index is 1010. The second-order valence-electron chi connectivity index (χ2n) is 7.13. The maximum absolute atomic E-state index is 13.0. The van der Waals surface area contributed by atoms with Crippen LogP contribution in [0.25, 0.3) is 10.8 Å². The lowest BCUT2D eigenvalue weighted by molar-refractivity contribution is -0.914. The molecule has 0 unspecified atom stereocenters. The number of hydrogen-bond acceptors (Lipinski definition) is 4. The summed E-state index contributed by atoms with van der Waals surface area (Å²) >= 11 is 0. The fourth-order valence-corrected chi connectivity index (χ4v) is 3.99. The van der Waals surface area contributed by atoms with Crippen LogP contribution >= 0.6 is 0 Å². The summed E-state index contributed by atoms with van der Waals surface area (Å²) in [7, 11) is 0. The zero-order chi connectivity index (χ0) is 19.7. The molecule has 0 radical (unpaired) electrons. The number of nitrogens with zero attached hydrogens (tertiary/aromatic N) is 1. The van der Waals surface area contributed by atoms with Gasteiger partial charge in [-0.2, -0.15) is 0 Å². The van der Waals surface area contributed by atoms with Crippen LogP contribution < -0.4 is 14.9 Å². The zero-order valence-corrected chi connectivity index (χ0v) is 15.4. The van der Waals surface area contributed by atoms with Gasteiger partial charge in [-0.1, -0.05) is 48.2 Å². The summed E-state index contributed by atoms with van der Waals surface area (Å²) in [6, 6.07) is 16.8. The van der Waals surface area contributed by atoms with E-state index in [1.807, 2.05) is 18.2 Å². The van der Waals surface area contributed by atoms with Crippen molar-refractivity contribution >= 4 is 22.4 Å². The first-order chi connectivity index (χ1) is 13.6. The number of carboxylic acid groups (broad SMARTS) is 1. The second kappa shape index (κ2) is 7.40. The monoisotopic (exact) mass is 378 g/mol. The van der Waals surface area contributed by atoms with Gasteiger partial charge in [0, 0.05) is 16.6 Å². The van der Waals surface area contributed by atoms with Crippen LogP contribution in [0.4, 0.5) is 5.69 Å². The number of hydrogen-bond donors (Lipinski definition) is 3. The van der Waals surface area contributed by atoms with Crippen LogP contribution in [-0.4, -0.2) is 42.4 Å². The van der Waals surface area contributed by atoms with Gasteiger partial charge in [0.05, 0.1) is 26.2 Å². The number of carboxylic acids is 1. The summed E-state index contributed by atoms with van der Waals surface area (Å²) in [5, 5.41) is 33.8. The van der Waals surface area contributed by atoms with E-state index in [0.717, 1.165) is 31.1 Å². The van der Waals surface area contributed by atoms with Gasteiger partial charge in [0.2, 0.25) is 0 Å². The topological polar surface area (TPSA) is 88.3 Å². The average molecular weight is 378 g/mol. The van der Waals surface area contributed by atoms with E-state index in [2.05, 4.69) is 17.0 Å². The summed E-state index contributed by atoms with van der Waals surface area (Å²) in [5.41, 5.74) is 1.09. The Morgan fingerprint density at radius 3 is 2.25 bits per heavy atom. The third-order valence-corrected chi connectivity index (χ3v) is 5.47. The molecule has 3 N–H and O–H groups in total. The minimum absolute atomic E-state index is 0.187. The van der Waals surface area contributed by atoms with E-state index in [9.17, 15) is 20.1 Å². The SMILES string of the molecule is O=C(O)c1c(C[NH+]2CCN(c3ccccc3)CC2)c([O-])c2ccccc2c1O. The fourth-order valence-electron chi connectivity index (χ4n) is 3.99. The van der Waals surface area contributed by atoms with E-state index in [4.69, 9.17) is 0 Å². The number of fused-ring (bicyclic) bond motifs is 1. The standard InChI is InChI=1S/C22H22N2O4/c25-20-16-8-4-5-9-17(16)21(26)19(22(27)28)18(20)14-23-10-12-24(13-11-23)15-6-2-1-3-7-15/h1-9,25-26H,10-14H2,(H,27,28). The highest BCUT2D eigenvalue weighted by Gasteiger charge is 2.26. The molecular formula is C22H22N2O4. The lowest BCUT2D eigenvalue weighted by Crippen LogP contribution is -3.13. The van der Waals surface area contributed by atoms with Crippen LogP contribution in [-0.2, 0) is 6.54 Å². The predicted octanol–water partition coefficient (Wildman–Crippen LogP) is 1.22. The number of phenols is 1. The van der Waals surface area contributed by atoms with Crippen LogP contribution in [0.5, 0.6) is 11.5 Å². The van der Waals surface area contributed by atoms with Crippen molar-refractivity contribution in [2.24, 2.45) is 0 Å². The number of carbonyl (C=O) groups is 1. The molecule has 6 nitrogen and oxygen atoms in total. The van der Waals surface area contributed by atoms with Crippen molar-refractivity contribution in [1.29, 1.82) is 0 Å². The number of rotatable bonds is 4. The smallest absolute Gasteiger partial charge is 0.339 e. The highest BCUT2D eigenvalue weighted by Crippen LogP contribution is 2.37. The first-order valence-corrected chi connectivity index (χ1v) is 9.36. The third kappa shape index (κ3) is 3.23. The molecule has 1 fully saturated rings. The van der Waals surface area contributed by atoms with Gasteiger partial charge < -0.3 is 25.1 Å². The van der Waals surface area contributed by atoms with E-state index in [1.54, 1.807) is 24.3 Å². The van der Waals surface area contributed by atoms with Gasteiger partial charge in [0.15, 0.2) is 0 Å². The highest BCUT2D eigenvalue weighted by atomic mass is 16.4. The molecule has 1 heterocycles. The summed E-state index contributed by atoms with van der Waals surface area (Å²) in [4.78, 5) is 15.2. The number of aromatic hydroxyl groups is 1. The number of para-hydroxylation sites is 1. The number of benzene rings is 3.